The van der Waals surface area contributed by atoms with E-state index in [1.807, 2.05) is 6.92 Å². The van der Waals surface area contributed by atoms with E-state index in [0.717, 1.165) is 6.42 Å². The van der Waals surface area contributed by atoms with E-state index in [1.165, 1.54) is 0 Å². The van der Waals surface area contributed by atoms with Crippen molar-refractivity contribution in [1.29, 1.82) is 0 Å². The van der Waals surface area contributed by atoms with Crippen LogP contribution in [0.3, 0.4) is 0 Å². The fraction of sp³-hybridized carbons (Fsp3) is 0.867. The lowest BCUT2D eigenvalue weighted by molar-refractivity contribution is -0.769. The van der Waals surface area contributed by atoms with Crippen molar-refractivity contribution in [2.24, 2.45) is 5.73 Å². The zero-order chi connectivity index (χ0) is 19.5. The Balaban J connectivity index is 4.38. The van der Waals surface area contributed by atoms with Gasteiger partial charge in [0.1, 0.15) is 17.7 Å². The number of nitrogens with two attached hydrogens (primary N) is 1. The van der Waals surface area contributed by atoms with Crippen molar-refractivity contribution in [2.75, 3.05) is 13.2 Å². The molecule has 0 aromatic carbocycles. The lowest BCUT2D eigenvalue weighted by Crippen LogP contribution is -2.39. The number of unbranched alkanes of at least 4 members (excludes halogenated alkanes) is 1. The third kappa shape index (κ3) is 12.9. The summed E-state index contributed by atoms with van der Waals surface area (Å²) in [7, 11) is 0. The Morgan fingerprint density at radius 2 is 1.96 bits per heavy atom. The van der Waals surface area contributed by atoms with Gasteiger partial charge in [0.05, 0.1) is 6.61 Å². The first-order chi connectivity index (χ1) is 11.5. The molecule has 1 amide bonds. The van der Waals surface area contributed by atoms with E-state index < -0.39 is 34.9 Å². The Morgan fingerprint density at radius 1 is 1.32 bits per heavy atom. The highest BCUT2D eigenvalue weighted by atomic mass is 17.0. The summed E-state index contributed by atoms with van der Waals surface area (Å²) in [6.45, 7) is 7.43. The van der Waals surface area contributed by atoms with Crippen LogP contribution >= 0.6 is 0 Å². The topological polar surface area (TPSA) is 143 Å². The third-order valence-corrected chi connectivity index (χ3v) is 2.93. The largest absolute Gasteiger partial charge is 0.465 e. The number of rotatable bonds is 11. The van der Waals surface area contributed by atoms with Crippen LogP contribution in [0.25, 0.3) is 0 Å². The Labute approximate surface area is 147 Å². The first-order valence-electron chi connectivity index (χ1n) is 8.25. The molecule has 0 heterocycles. The minimum atomic E-state index is -1.04. The molecule has 0 saturated carbocycles. The molecular weight excluding hydrogens is 334 g/mol. The van der Waals surface area contributed by atoms with Gasteiger partial charge in [0.15, 0.2) is 0 Å². The number of carbonyl (C=O) groups excluding carboxylic acids is 2. The maximum absolute atomic E-state index is 11.7. The summed E-state index contributed by atoms with van der Waals surface area (Å²) in [4.78, 5) is 38.3. The van der Waals surface area contributed by atoms with Crippen LogP contribution in [-0.4, -0.2) is 48.0 Å². The highest BCUT2D eigenvalue weighted by Gasteiger charge is 2.24. The molecule has 0 bridgehead atoms. The Hall–Kier alpha value is -2.10. The zero-order valence-electron chi connectivity index (χ0n) is 15.3. The molecule has 0 rings (SSSR count). The number of hydrogen-bond acceptors (Lipinski definition) is 8. The molecule has 0 radical (unpaired) electrons. The second kappa shape index (κ2) is 11.5. The average molecular weight is 363 g/mol. The number of nitrogens with zero attached hydrogens (tertiary/aromatic N) is 1. The van der Waals surface area contributed by atoms with E-state index in [4.69, 9.17) is 15.2 Å². The molecule has 0 spiro atoms. The molecule has 10 heteroatoms. The molecule has 2 atom stereocenters. The number of hydrogen-bond donors (Lipinski definition) is 2. The molecule has 146 valence electrons. The van der Waals surface area contributed by atoms with Crippen molar-refractivity contribution in [3.05, 3.63) is 10.1 Å². The average Bonchev–Trinajstić information content (AvgIpc) is 2.44. The first kappa shape index (κ1) is 22.9. The van der Waals surface area contributed by atoms with Crippen LogP contribution in [0.5, 0.6) is 0 Å². The monoisotopic (exact) mass is 363 g/mol. The van der Waals surface area contributed by atoms with Gasteiger partial charge < -0.3 is 25.4 Å². The number of nitrogens with one attached hydrogen (secondary N) is 1. The predicted molar refractivity (Wildman–Crippen MR) is 89.2 cm³/mol. The summed E-state index contributed by atoms with van der Waals surface area (Å²) in [6.07, 6.45) is -0.00816. The van der Waals surface area contributed by atoms with Gasteiger partial charge in [-0.25, -0.2) is 4.79 Å². The van der Waals surface area contributed by atoms with Gasteiger partial charge in [-0.2, -0.15) is 0 Å². The van der Waals surface area contributed by atoms with E-state index in [9.17, 15) is 19.7 Å². The quantitative estimate of drug-likeness (QED) is 0.243. The van der Waals surface area contributed by atoms with Crippen molar-refractivity contribution in [1.82, 2.24) is 5.32 Å². The third-order valence-electron chi connectivity index (χ3n) is 2.93. The predicted octanol–water partition coefficient (Wildman–Crippen LogP) is 1.54. The van der Waals surface area contributed by atoms with E-state index in [-0.39, 0.29) is 26.0 Å². The molecule has 0 fully saturated rings. The Bertz CT molecular complexity index is 437. The van der Waals surface area contributed by atoms with Gasteiger partial charge in [0.25, 0.3) is 5.09 Å². The Kier molecular flexibility index (Phi) is 10.5. The smallest absolute Gasteiger partial charge is 0.407 e. The highest BCUT2D eigenvalue weighted by molar-refractivity contribution is 5.75. The summed E-state index contributed by atoms with van der Waals surface area (Å²) in [5.74, 6) is -0.634. The summed E-state index contributed by atoms with van der Waals surface area (Å²) in [6, 6.07) is -1.04. The number of carbonyl (C=O) groups is 2. The number of amides is 1. The minimum absolute atomic E-state index is 0.0744. The zero-order valence-corrected chi connectivity index (χ0v) is 15.3. The highest BCUT2D eigenvalue weighted by Crippen LogP contribution is 2.09. The van der Waals surface area contributed by atoms with Crippen LogP contribution in [0.4, 0.5) is 4.79 Å². The normalized spacial score (nSPS) is 13.5. The lowest BCUT2D eigenvalue weighted by atomic mass is 10.1. The molecule has 25 heavy (non-hydrogen) atoms. The standard InChI is InChI=1S/C15H29N3O7/c1-5-6-9-23-13(19)12(16)10-11(25-18(21)22)7-8-17-14(20)24-15(2,3)4/h11-12H,5-10,16H2,1-4H3,(H,17,20). The molecule has 0 aromatic heterocycles. The summed E-state index contributed by atoms with van der Waals surface area (Å²) in [5.41, 5.74) is 5.05. The molecule has 0 aliphatic carbocycles. The van der Waals surface area contributed by atoms with Crippen LogP contribution in [0.2, 0.25) is 0 Å². The maximum atomic E-state index is 11.7. The lowest BCUT2D eigenvalue weighted by Gasteiger charge is -2.21. The molecule has 0 aliphatic rings. The molecule has 0 aromatic rings. The van der Waals surface area contributed by atoms with Crippen molar-refractivity contribution < 1.29 is 29.0 Å². The van der Waals surface area contributed by atoms with Gasteiger partial charge in [-0.05, 0) is 40.0 Å². The number of ether oxygens (including phenoxy) is 2. The molecule has 10 nitrogen and oxygen atoms in total. The van der Waals surface area contributed by atoms with E-state index in [2.05, 4.69) is 10.2 Å². The van der Waals surface area contributed by atoms with Crippen LogP contribution in [0.15, 0.2) is 0 Å². The van der Waals surface area contributed by atoms with Gasteiger partial charge in [-0.1, -0.05) is 13.3 Å². The van der Waals surface area contributed by atoms with E-state index in [1.54, 1.807) is 20.8 Å². The molecule has 3 N–H and O–H groups in total. The SMILES string of the molecule is CCCCOC(=O)C(N)CC(CCNC(=O)OC(C)(C)C)O[N+](=O)[O-]. The van der Waals surface area contributed by atoms with Gasteiger partial charge in [-0.15, -0.1) is 10.1 Å². The summed E-state index contributed by atoms with van der Waals surface area (Å²) < 4.78 is 10.0. The van der Waals surface area contributed by atoms with Crippen molar-refractivity contribution in [3.63, 3.8) is 0 Å². The van der Waals surface area contributed by atoms with Crippen LogP contribution in [-0.2, 0) is 19.1 Å². The van der Waals surface area contributed by atoms with Crippen LogP contribution < -0.4 is 11.1 Å². The van der Waals surface area contributed by atoms with Crippen LogP contribution in [0.1, 0.15) is 53.4 Å². The molecule has 0 aliphatic heterocycles. The van der Waals surface area contributed by atoms with Gasteiger partial charge in [0.2, 0.25) is 0 Å². The van der Waals surface area contributed by atoms with Gasteiger partial charge in [0, 0.05) is 6.54 Å². The fourth-order valence-electron chi connectivity index (χ4n) is 1.79. The molecule has 2 unspecified atom stereocenters. The van der Waals surface area contributed by atoms with E-state index in [0.29, 0.717) is 6.42 Å². The maximum Gasteiger partial charge on any atom is 0.407 e. The van der Waals surface area contributed by atoms with Gasteiger partial charge in [-0.3, -0.25) is 4.79 Å². The van der Waals surface area contributed by atoms with Crippen LogP contribution in [0, 0.1) is 10.1 Å². The van der Waals surface area contributed by atoms with Crippen molar-refractivity contribution in [3.8, 4) is 0 Å². The fourth-order valence-corrected chi connectivity index (χ4v) is 1.79. The minimum Gasteiger partial charge on any atom is -0.465 e. The second-order valence-electron chi connectivity index (χ2n) is 6.53. The second-order valence-corrected chi connectivity index (χ2v) is 6.53. The Morgan fingerprint density at radius 3 is 2.48 bits per heavy atom. The van der Waals surface area contributed by atoms with E-state index >= 15 is 0 Å². The molecular formula is C15H29N3O7. The number of alkyl carbamates (subject to hydrolysis) is 1. The van der Waals surface area contributed by atoms with Crippen molar-refractivity contribution in [2.45, 2.75) is 71.1 Å². The number of esters is 1. The van der Waals surface area contributed by atoms with Crippen molar-refractivity contribution >= 4 is 12.1 Å². The molecule has 0 saturated heterocycles. The van der Waals surface area contributed by atoms with Gasteiger partial charge >= 0.3 is 12.1 Å². The first-order valence-corrected chi connectivity index (χ1v) is 8.25. The summed E-state index contributed by atoms with van der Waals surface area (Å²) in [5, 5.41) is 12.1. The summed E-state index contributed by atoms with van der Waals surface area (Å²) >= 11 is 0.